The second kappa shape index (κ2) is 9.17. The van der Waals surface area contributed by atoms with Crippen LogP contribution >= 0.6 is 0 Å². The summed E-state index contributed by atoms with van der Waals surface area (Å²) in [6, 6.07) is 8.07. The summed E-state index contributed by atoms with van der Waals surface area (Å²) in [4.78, 5) is 23.7. The van der Waals surface area contributed by atoms with Crippen LogP contribution in [0.2, 0.25) is 0 Å². The average Bonchev–Trinajstić information content (AvgIpc) is 3.07. The minimum absolute atomic E-state index is 0.134. The van der Waals surface area contributed by atoms with Gasteiger partial charge in [0.25, 0.3) is 5.91 Å². The number of hydrogen-bond acceptors (Lipinski definition) is 4. The highest BCUT2D eigenvalue weighted by Crippen LogP contribution is 2.23. The molecule has 0 aliphatic heterocycles. The number of unbranched alkanes of at least 4 members (excludes halogenated alkanes) is 1. The van der Waals surface area contributed by atoms with Crippen molar-refractivity contribution in [2.45, 2.75) is 46.0 Å². The number of ether oxygens (including phenoxy) is 1. The Kier molecular flexibility index (Phi) is 6.95. The molecule has 0 aliphatic carbocycles. The van der Waals surface area contributed by atoms with E-state index in [0.29, 0.717) is 24.9 Å². The lowest BCUT2D eigenvalue weighted by Gasteiger charge is -2.13. The van der Waals surface area contributed by atoms with E-state index in [2.05, 4.69) is 29.0 Å². The summed E-state index contributed by atoms with van der Waals surface area (Å²) < 4.78 is 6.43. The van der Waals surface area contributed by atoms with Crippen LogP contribution in [0.25, 0.3) is 5.69 Å². The van der Waals surface area contributed by atoms with Gasteiger partial charge in [-0.25, -0.2) is 4.68 Å². The second-order valence-corrected chi connectivity index (χ2v) is 6.63. The number of methoxy groups -OCH3 is 1. The van der Waals surface area contributed by atoms with E-state index in [1.54, 1.807) is 6.20 Å². The van der Waals surface area contributed by atoms with Crippen molar-refractivity contribution in [1.82, 2.24) is 15.1 Å². The van der Waals surface area contributed by atoms with Gasteiger partial charge in [0.05, 0.1) is 30.3 Å². The molecule has 26 heavy (non-hydrogen) atoms. The van der Waals surface area contributed by atoms with Crippen LogP contribution in [0, 0.1) is 6.92 Å². The van der Waals surface area contributed by atoms with Gasteiger partial charge in [-0.1, -0.05) is 31.5 Å². The van der Waals surface area contributed by atoms with Crippen molar-refractivity contribution in [3.63, 3.8) is 0 Å². The van der Waals surface area contributed by atoms with Gasteiger partial charge in [-0.05, 0) is 37.8 Å². The zero-order valence-electron chi connectivity index (χ0n) is 15.9. The van der Waals surface area contributed by atoms with E-state index in [1.165, 1.54) is 12.7 Å². The monoisotopic (exact) mass is 357 g/mol. The van der Waals surface area contributed by atoms with Gasteiger partial charge in [0.1, 0.15) is 0 Å². The first-order valence-corrected chi connectivity index (χ1v) is 8.94. The molecule has 1 aromatic carbocycles. The molecular formula is C20H27N3O3. The molecule has 0 saturated heterocycles. The molecule has 0 radical (unpaired) electrons. The van der Waals surface area contributed by atoms with Crippen molar-refractivity contribution in [3.8, 4) is 5.69 Å². The van der Waals surface area contributed by atoms with E-state index in [4.69, 9.17) is 0 Å². The Morgan fingerprint density at radius 1 is 1.19 bits per heavy atom. The Hall–Kier alpha value is -2.63. The van der Waals surface area contributed by atoms with E-state index in [-0.39, 0.29) is 17.8 Å². The largest absolute Gasteiger partial charge is 0.469 e. The van der Waals surface area contributed by atoms with E-state index >= 15 is 0 Å². The van der Waals surface area contributed by atoms with Gasteiger partial charge in [-0.3, -0.25) is 9.59 Å². The minimum Gasteiger partial charge on any atom is -0.469 e. The normalized spacial score (nSPS) is 10.8. The van der Waals surface area contributed by atoms with Crippen molar-refractivity contribution in [2.24, 2.45) is 0 Å². The Morgan fingerprint density at radius 2 is 1.88 bits per heavy atom. The topological polar surface area (TPSA) is 73.2 Å². The standard InChI is InChI=1S/C20H27N3O3/c1-14(2)19-17(20(25)21-12-6-5-7-18(24)26-4)13-22-23(19)16-10-8-15(3)9-11-16/h8-11,13-14H,5-7,12H2,1-4H3,(H,21,25). The number of aromatic nitrogens is 2. The smallest absolute Gasteiger partial charge is 0.305 e. The fourth-order valence-electron chi connectivity index (χ4n) is 2.77. The number of esters is 1. The molecule has 6 heteroatoms. The predicted octanol–water partition coefficient (Wildman–Crippen LogP) is 3.38. The van der Waals surface area contributed by atoms with Crippen LogP contribution in [-0.4, -0.2) is 35.3 Å². The highest BCUT2D eigenvalue weighted by Gasteiger charge is 2.20. The van der Waals surface area contributed by atoms with Crippen molar-refractivity contribution in [3.05, 3.63) is 47.3 Å². The van der Waals surface area contributed by atoms with E-state index < -0.39 is 0 Å². The van der Waals surface area contributed by atoms with Crippen LogP contribution in [0.15, 0.2) is 30.5 Å². The first-order valence-electron chi connectivity index (χ1n) is 8.94. The first kappa shape index (κ1) is 19.7. The lowest BCUT2D eigenvalue weighted by Crippen LogP contribution is -2.25. The van der Waals surface area contributed by atoms with Gasteiger partial charge in [0.2, 0.25) is 0 Å². The molecule has 2 aromatic rings. The third kappa shape index (κ3) is 4.94. The molecule has 0 bridgehead atoms. The van der Waals surface area contributed by atoms with Crippen molar-refractivity contribution >= 4 is 11.9 Å². The number of aryl methyl sites for hydroxylation is 1. The van der Waals surface area contributed by atoms with Gasteiger partial charge in [-0.15, -0.1) is 0 Å². The molecule has 0 fully saturated rings. The summed E-state index contributed by atoms with van der Waals surface area (Å²) >= 11 is 0. The lowest BCUT2D eigenvalue weighted by molar-refractivity contribution is -0.140. The van der Waals surface area contributed by atoms with E-state index in [1.807, 2.05) is 35.9 Å². The summed E-state index contributed by atoms with van der Waals surface area (Å²) in [5.41, 5.74) is 3.60. The summed E-state index contributed by atoms with van der Waals surface area (Å²) in [6.07, 6.45) is 3.41. The highest BCUT2D eigenvalue weighted by atomic mass is 16.5. The molecule has 1 heterocycles. The summed E-state index contributed by atoms with van der Waals surface area (Å²) in [7, 11) is 1.38. The Morgan fingerprint density at radius 3 is 2.50 bits per heavy atom. The SMILES string of the molecule is COC(=O)CCCCNC(=O)c1cnn(-c2ccc(C)cc2)c1C(C)C. The molecule has 0 unspecified atom stereocenters. The fourth-order valence-corrected chi connectivity index (χ4v) is 2.77. The van der Waals surface area contributed by atoms with Gasteiger partial charge in [-0.2, -0.15) is 5.10 Å². The Labute approximate surface area is 154 Å². The van der Waals surface area contributed by atoms with Crippen LogP contribution in [0.5, 0.6) is 0 Å². The summed E-state index contributed by atoms with van der Waals surface area (Å²) in [6.45, 7) is 6.65. The van der Waals surface area contributed by atoms with Crippen LogP contribution in [0.3, 0.4) is 0 Å². The number of nitrogens with zero attached hydrogens (tertiary/aromatic N) is 2. The molecular weight excluding hydrogens is 330 g/mol. The number of amides is 1. The maximum atomic E-state index is 12.6. The quantitative estimate of drug-likeness (QED) is 0.581. The number of hydrogen-bond donors (Lipinski definition) is 1. The third-order valence-corrected chi connectivity index (χ3v) is 4.20. The zero-order valence-corrected chi connectivity index (χ0v) is 15.9. The van der Waals surface area contributed by atoms with Crippen LogP contribution in [0.1, 0.15) is 60.6 Å². The Bertz CT molecular complexity index is 748. The summed E-state index contributed by atoms with van der Waals surface area (Å²) in [5.74, 6) is -0.207. The molecule has 0 spiro atoms. The van der Waals surface area contributed by atoms with Crippen LogP contribution < -0.4 is 5.32 Å². The molecule has 1 N–H and O–H groups in total. The fraction of sp³-hybridized carbons (Fsp3) is 0.450. The second-order valence-electron chi connectivity index (χ2n) is 6.63. The molecule has 2 rings (SSSR count). The van der Waals surface area contributed by atoms with E-state index in [0.717, 1.165) is 17.8 Å². The molecule has 140 valence electrons. The van der Waals surface area contributed by atoms with Crippen LogP contribution in [-0.2, 0) is 9.53 Å². The maximum Gasteiger partial charge on any atom is 0.305 e. The minimum atomic E-state index is -0.224. The van der Waals surface area contributed by atoms with Gasteiger partial charge in [0.15, 0.2) is 0 Å². The average molecular weight is 357 g/mol. The highest BCUT2D eigenvalue weighted by molar-refractivity contribution is 5.95. The van der Waals surface area contributed by atoms with E-state index in [9.17, 15) is 9.59 Å². The van der Waals surface area contributed by atoms with Crippen molar-refractivity contribution in [1.29, 1.82) is 0 Å². The molecule has 1 amide bonds. The first-order chi connectivity index (χ1) is 12.4. The van der Waals surface area contributed by atoms with Crippen molar-refractivity contribution < 1.29 is 14.3 Å². The van der Waals surface area contributed by atoms with Gasteiger partial charge < -0.3 is 10.1 Å². The third-order valence-electron chi connectivity index (χ3n) is 4.20. The van der Waals surface area contributed by atoms with Gasteiger partial charge >= 0.3 is 5.97 Å². The molecule has 1 aromatic heterocycles. The maximum absolute atomic E-state index is 12.6. The van der Waals surface area contributed by atoms with Crippen LogP contribution in [0.4, 0.5) is 0 Å². The molecule has 0 aliphatic rings. The Balaban J connectivity index is 2.05. The van der Waals surface area contributed by atoms with Gasteiger partial charge in [0, 0.05) is 13.0 Å². The number of carbonyl (C=O) groups is 2. The number of rotatable bonds is 8. The number of benzene rings is 1. The number of nitrogens with one attached hydrogen (secondary N) is 1. The molecule has 6 nitrogen and oxygen atoms in total. The molecule has 0 atom stereocenters. The lowest BCUT2D eigenvalue weighted by atomic mass is 10.0. The predicted molar refractivity (Wildman–Crippen MR) is 101 cm³/mol. The summed E-state index contributed by atoms with van der Waals surface area (Å²) in [5, 5.41) is 7.35. The zero-order chi connectivity index (χ0) is 19.1. The molecule has 0 saturated carbocycles. The number of carbonyl (C=O) groups excluding carboxylic acids is 2. The van der Waals surface area contributed by atoms with Crippen molar-refractivity contribution in [2.75, 3.05) is 13.7 Å².